The van der Waals surface area contributed by atoms with Gasteiger partial charge in [-0.2, -0.15) is 0 Å². The van der Waals surface area contributed by atoms with Crippen molar-refractivity contribution in [3.05, 3.63) is 70.8 Å². The van der Waals surface area contributed by atoms with E-state index in [0.717, 1.165) is 5.56 Å². The van der Waals surface area contributed by atoms with Crippen molar-refractivity contribution in [2.24, 2.45) is 11.8 Å². The van der Waals surface area contributed by atoms with Crippen molar-refractivity contribution >= 4 is 40.8 Å². The Morgan fingerprint density at radius 3 is 2.28 bits per heavy atom. The average molecular weight is 412 g/mol. The molecule has 1 aliphatic carbocycles. The number of carboxylic acid groups (broad SMARTS) is 1. The van der Waals surface area contributed by atoms with Gasteiger partial charge in [0.05, 0.1) is 5.92 Å². The molecule has 0 spiro atoms. The Hall–Kier alpha value is -3.12. The summed E-state index contributed by atoms with van der Waals surface area (Å²) in [7, 11) is 0. The van der Waals surface area contributed by atoms with E-state index in [4.69, 9.17) is 11.6 Å². The second kappa shape index (κ2) is 8.92. The number of halogens is 1. The van der Waals surface area contributed by atoms with E-state index < -0.39 is 17.8 Å². The van der Waals surface area contributed by atoms with Crippen molar-refractivity contribution in [2.45, 2.75) is 19.8 Å². The summed E-state index contributed by atoms with van der Waals surface area (Å²) >= 11 is 5.85. The van der Waals surface area contributed by atoms with Crippen molar-refractivity contribution < 1.29 is 19.5 Å². The van der Waals surface area contributed by atoms with Gasteiger partial charge in [0.25, 0.3) is 5.91 Å². The third kappa shape index (κ3) is 5.03. The molecule has 3 rings (SSSR count). The number of anilines is 2. The Bertz CT molecular complexity index is 969. The first-order valence-electron chi connectivity index (χ1n) is 9.19. The van der Waals surface area contributed by atoms with E-state index in [2.05, 4.69) is 10.6 Å². The van der Waals surface area contributed by atoms with Crippen LogP contribution in [-0.2, 0) is 9.59 Å². The molecular formula is C22H20ClN2O4-. The van der Waals surface area contributed by atoms with Gasteiger partial charge >= 0.3 is 0 Å². The zero-order chi connectivity index (χ0) is 21.0. The third-order valence-electron chi connectivity index (χ3n) is 4.93. The fourth-order valence-electron chi connectivity index (χ4n) is 3.23. The molecule has 0 saturated carbocycles. The van der Waals surface area contributed by atoms with Crippen molar-refractivity contribution in [3.8, 4) is 0 Å². The van der Waals surface area contributed by atoms with Gasteiger partial charge in [0, 0.05) is 33.8 Å². The largest absolute Gasteiger partial charge is 0.550 e. The molecule has 0 fully saturated rings. The summed E-state index contributed by atoms with van der Waals surface area (Å²) in [5.74, 6) is -3.47. The van der Waals surface area contributed by atoms with E-state index in [1.165, 1.54) is 0 Å². The molecule has 150 valence electrons. The lowest BCUT2D eigenvalue weighted by Crippen LogP contribution is -2.41. The van der Waals surface area contributed by atoms with Gasteiger partial charge in [-0.1, -0.05) is 29.8 Å². The van der Waals surface area contributed by atoms with Crippen LogP contribution in [0.3, 0.4) is 0 Å². The Labute approximate surface area is 173 Å². The lowest BCUT2D eigenvalue weighted by Gasteiger charge is -2.28. The molecule has 7 heteroatoms. The van der Waals surface area contributed by atoms with Crippen molar-refractivity contribution in [1.29, 1.82) is 0 Å². The van der Waals surface area contributed by atoms with E-state index in [9.17, 15) is 19.5 Å². The van der Waals surface area contributed by atoms with E-state index in [1.54, 1.807) is 54.6 Å². The topological polar surface area (TPSA) is 98.3 Å². The first-order valence-corrected chi connectivity index (χ1v) is 9.57. The molecule has 2 aromatic rings. The van der Waals surface area contributed by atoms with Crippen molar-refractivity contribution in [2.75, 3.05) is 10.6 Å². The van der Waals surface area contributed by atoms with Crippen LogP contribution in [0.15, 0.2) is 54.6 Å². The van der Waals surface area contributed by atoms with Gasteiger partial charge < -0.3 is 20.5 Å². The number of benzene rings is 2. The summed E-state index contributed by atoms with van der Waals surface area (Å²) in [5, 5.41) is 17.4. The first kappa shape index (κ1) is 20.6. The average Bonchev–Trinajstić information content (AvgIpc) is 2.70. The summed E-state index contributed by atoms with van der Waals surface area (Å²) in [6, 6.07) is 11.6. The number of carboxylic acids is 1. The van der Waals surface area contributed by atoms with Gasteiger partial charge in [0.1, 0.15) is 0 Å². The van der Waals surface area contributed by atoms with Crippen LogP contribution in [-0.4, -0.2) is 17.8 Å². The van der Waals surface area contributed by atoms with E-state index in [0.29, 0.717) is 28.4 Å². The Morgan fingerprint density at radius 2 is 1.62 bits per heavy atom. The maximum Gasteiger partial charge on any atom is 0.255 e. The Kier molecular flexibility index (Phi) is 6.34. The minimum Gasteiger partial charge on any atom is -0.550 e. The number of carbonyl (C=O) groups excluding carboxylic acids is 3. The summed E-state index contributed by atoms with van der Waals surface area (Å²) in [6.07, 6.45) is 4.17. The van der Waals surface area contributed by atoms with Crippen LogP contribution in [0.25, 0.3) is 0 Å². The van der Waals surface area contributed by atoms with Gasteiger partial charge in [-0.3, -0.25) is 9.59 Å². The highest BCUT2D eigenvalue weighted by Crippen LogP contribution is 2.28. The number of hydrogen-bond acceptors (Lipinski definition) is 4. The normalized spacial score (nSPS) is 18.1. The Morgan fingerprint density at radius 1 is 0.966 bits per heavy atom. The molecule has 0 radical (unpaired) electrons. The molecule has 1 aliphatic rings. The second-order valence-corrected chi connectivity index (χ2v) is 7.39. The van der Waals surface area contributed by atoms with Gasteiger partial charge in [-0.15, -0.1) is 0 Å². The number of aliphatic carboxylic acids is 1. The van der Waals surface area contributed by atoms with E-state index in [1.807, 2.05) is 6.92 Å². The van der Waals surface area contributed by atoms with Gasteiger partial charge in [-0.25, -0.2) is 0 Å². The molecule has 2 N–H and O–H groups in total. The zero-order valence-electron chi connectivity index (χ0n) is 15.8. The maximum absolute atomic E-state index is 12.6. The molecule has 29 heavy (non-hydrogen) atoms. The fourth-order valence-corrected chi connectivity index (χ4v) is 3.36. The molecule has 2 amide bonds. The lowest BCUT2D eigenvalue weighted by atomic mass is 9.82. The number of nitrogens with one attached hydrogen (secondary N) is 2. The molecule has 0 aromatic heterocycles. The molecule has 6 nitrogen and oxygen atoms in total. The monoisotopic (exact) mass is 411 g/mol. The number of hydrogen-bond donors (Lipinski definition) is 2. The highest BCUT2D eigenvalue weighted by molar-refractivity contribution is 6.30. The van der Waals surface area contributed by atoms with Gasteiger partial charge in [0.15, 0.2) is 0 Å². The van der Waals surface area contributed by atoms with Gasteiger partial charge in [-0.05, 0) is 61.7 Å². The highest BCUT2D eigenvalue weighted by Gasteiger charge is 2.29. The molecule has 2 atom stereocenters. The van der Waals surface area contributed by atoms with Crippen LogP contribution in [0.1, 0.15) is 28.8 Å². The fraction of sp³-hybridized carbons (Fsp3) is 0.227. The van der Waals surface area contributed by atoms with E-state index in [-0.39, 0.29) is 18.2 Å². The SMILES string of the molecule is Cc1ccc(NC(=O)[C@H]2CC=CC[C@@H]2C(=O)[O-])cc1NC(=O)c1ccc(Cl)cc1. The molecule has 2 aromatic carbocycles. The molecule has 0 unspecified atom stereocenters. The summed E-state index contributed by atoms with van der Waals surface area (Å²) < 4.78 is 0. The van der Waals surface area contributed by atoms with Crippen LogP contribution >= 0.6 is 11.6 Å². The lowest BCUT2D eigenvalue weighted by molar-refractivity contribution is -0.313. The highest BCUT2D eigenvalue weighted by atomic mass is 35.5. The first-order chi connectivity index (χ1) is 13.8. The predicted molar refractivity (Wildman–Crippen MR) is 110 cm³/mol. The Balaban J connectivity index is 1.74. The summed E-state index contributed by atoms with van der Waals surface area (Å²) in [5.41, 5.74) is 2.29. The second-order valence-electron chi connectivity index (χ2n) is 6.95. The number of allylic oxidation sites excluding steroid dienone is 2. The standard InChI is InChI=1S/C22H21ClN2O4/c1-13-6-11-16(24-21(27)17-4-2-3-5-18(17)22(28)29)12-19(13)25-20(26)14-7-9-15(23)10-8-14/h2-3,6-12,17-18H,4-5H2,1H3,(H,24,27)(H,25,26)(H,28,29)/p-1/t17-,18-/m0/s1. The quantitative estimate of drug-likeness (QED) is 0.738. The molecule has 0 heterocycles. The van der Waals surface area contributed by atoms with Gasteiger partial charge in [0.2, 0.25) is 5.91 Å². The molecule has 0 bridgehead atoms. The van der Waals surface area contributed by atoms with Crippen molar-refractivity contribution in [1.82, 2.24) is 0 Å². The number of amides is 2. The number of rotatable bonds is 5. The van der Waals surface area contributed by atoms with Crippen LogP contribution in [0.5, 0.6) is 0 Å². The van der Waals surface area contributed by atoms with Crippen LogP contribution in [0.4, 0.5) is 11.4 Å². The zero-order valence-corrected chi connectivity index (χ0v) is 16.5. The van der Waals surface area contributed by atoms with E-state index >= 15 is 0 Å². The summed E-state index contributed by atoms with van der Waals surface area (Å²) in [6.45, 7) is 1.83. The van der Waals surface area contributed by atoms with Crippen LogP contribution in [0, 0.1) is 18.8 Å². The summed E-state index contributed by atoms with van der Waals surface area (Å²) in [4.78, 5) is 36.4. The minimum absolute atomic E-state index is 0.275. The maximum atomic E-state index is 12.6. The molecular weight excluding hydrogens is 392 g/mol. The number of carbonyl (C=O) groups is 3. The molecule has 0 saturated heterocycles. The predicted octanol–water partition coefficient (Wildman–Crippen LogP) is 3.17. The minimum atomic E-state index is -1.23. The number of aryl methyl sites for hydroxylation is 1. The van der Waals surface area contributed by atoms with Crippen molar-refractivity contribution in [3.63, 3.8) is 0 Å². The van der Waals surface area contributed by atoms with Crippen LogP contribution < -0.4 is 15.7 Å². The smallest absolute Gasteiger partial charge is 0.255 e. The molecule has 0 aliphatic heterocycles. The third-order valence-corrected chi connectivity index (χ3v) is 5.18. The van der Waals surface area contributed by atoms with Crippen LogP contribution in [0.2, 0.25) is 5.02 Å².